The maximum absolute atomic E-state index is 10.3. The molecule has 2 fully saturated rings. The Morgan fingerprint density at radius 1 is 0.889 bits per heavy atom. The topological polar surface area (TPSA) is 140 Å². The van der Waals surface area contributed by atoms with Crippen LogP contribution in [-0.2, 0) is 9.47 Å². The van der Waals surface area contributed by atoms with Crippen LogP contribution in [-0.4, -0.2) is 92.7 Å². The molecule has 7 atom stereocenters. The molecule has 0 aromatic carbocycles. The first kappa shape index (κ1) is 14.1. The van der Waals surface area contributed by atoms with Gasteiger partial charge in [0.1, 0.15) is 42.2 Å². The molecule has 6 N–H and O–H groups in total. The van der Waals surface area contributed by atoms with Crippen molar-refractivity contribution in [1.29, 1.82) is 0 Å². The van der Waals surface area contributed by atoms with E-state index in [1.54, 1.807) is 0 Å². The number of hydrogen-bond donors (Lipinski definition) is 6. The summed E-state index contributed by atoms with van der Waals surface area (Å²) in [4.78, 5) is 0. The maximum Gasteiger partial charge on any atom is 0.145 e. The molecule has 2 heterocycles. The molecule has 0 bridgehead atoms. The lowest BCUT2D eigenvalue weighted by molar-refractivity contribution is -0.294. The molecule has 0 spiro atoms. The van der Waals surface area contributed by atoms with Gasteiger partial charge in [0.25, 0.3) is 0 Å². The van der Waals surface area contributed by atoms with Crippen molar-refractivity contribution >= 4 is 0 Å². The zero-order chi connectivity index (χ0) is 13.5. The van der Waals surface area contributed by atoms with Gasteiger partial charge in [-0.05, 0) is 0 Å². The molecule has 2 aliphatic heterocycles. The third-order valence-electron chi connectivity index (χ3n) is 3.49. The van der Waals surface area contributed by atoms with E-state index >= 15 is 0 Å². The zero-order valence-corrected chi connectivity index (χ0v) is 9.59. The summed E-state index contributed by atoms with van der Waals surface area (Å²) in [6, 6.07) is 0. The summed E-state index contributed by atoms with van der Waals surface area (Å²) in [5, 5.41) is 58.2. The molecular formula is C10H18O8. The van der Waals surface area contributed by atoms with E-state index in [0.717, 1.165) is 0 Å². The van der Waals surface area contributed by atoms with E-state index < -0.39 is 42.2 Å². The molecule has 0 aliphatic carbocycles. The van der Waals surface area contributed by atoms with Gasteiger partial charge < -0.3 is 40.1 Å². The van der Waals surface area contributed by atoms with Crippen LogP contribution < -0.4 is 0 Å². The Morgan fingerprint density at radius 3 is 2.22 bits per heavy atom. The first-order valence-electron chi connectivity index (χ1n) is 5.70. The highest BCUT2D eigenvalue weighted by molar-refractivity contribution is 5.05. The Kier molecular flexibility index (Phi) is 3.90. The first-order chi connectivity index (χ1) is 8.38. The Morgan fingerprint density at radius 2 is 1.56 bits per heavy atom. The Bertz CT molecular complexity index is 300. The summed E-state index contributed by atoms with van der Waals surface area (Å²) in [6.45, 7) is -0.790. The van der Waals surface area contributed by atoms with Gasteiger partial charge in [-0.2, -0.15) is 0 Å². The second kappa shape index (κ2) is 4.99. The maximum atomic E-state index is 10.3. The molecule has 18 heavy (non-hydrogen) atoms. The van der Waals surface area contributed by atoms with Crippen molar-refractivity contribution in [3.05, 3.63) is 0 Å². The largest absolute Gasteiger partial charge is 0.388 e. The van der Waals surface area contributed by atoms with Crippen LogP contribution in [0.5, 0.6) is 0 Å². The smallest absolute Gasteiger partial charge is 0.145 e. The van der Waals surface area contributed by atoms with E-state index in [9.17, 15) is 30.6 Å². The van der Waals surface area contributed by atoms with Gasteiger partial charge in [-0.1, -0.05) is 0 Å². The molecule has 0 aromatic rings. The molecule has 0 aromatic heterocycles. The summed E-state index contributed by atoms with van der Waals surface area (Å²) < 4.78 is 10.0. The molecule has 8 heteroatoms. The van der Waals surface area contributed by atoms with Crippen LogP contribution in [0.3, 0.4) is 0 Å². The van der Waals surface area contributed by atoms with Crippen LogP contribution in [0.1, 0.15) is 0 Å². The average molecular weight is 266 g/mol. The summed E-state index contributed by atoms with van der Waals surface area (Å²) in [6.07, 6.45) is -8.62. The van der Waals surface area contributed by atoms with E-state index in [1.165, 1.54) is 0 Å². The first-order valence-corrected chi connectivity index (χ1v) is 5.70. The highest BCUT2D eigenvalue weighted by Gasteiger charge is 2.56. The summed E-state index contributed by atoms with van der Waals surface area (Å²) >= 11 is 0. The van der Waals surface area contributed by atoms with Crippen molar-refractivity contribution in [2.45, 2.75) is 42.2 Å². The number of hydrogen-bond acceptors (Lipinski definition) is 8. The van der Waals surface area contributed by atoms with Gasteiger partial charge >= 0.3 is 0 Å². The fourth-order valence-corrected chi connectivity index (χ4v) is 2.35. The van der Waals surface area contributed by atoms with Gasteiger partial charge in [-0.15, -0.1) is 0 Å². The van der Waals surface area contributed by atoms with E-state index in [2.05, 4.69) is 0 Å². The molecule has 2 aliphatic rings. The van der Waals surface area contributed by atoms with Crippen molar-refractivity contribution in [2.24, 2.45) is 0 Å². The Hall–Kier alpha value is -0.320. The standard InChI is InChI=1S/C10H18O8/c11-4-2-18-9(7(14)6(4)13)10(16)3-17-1-5(12)8(10)15/h4-9,11-16H,1-3H2/t4-,5-,6+,7-,8-,9-,10-/m1/s1. The number of ether oxygens (including phenoxy) is 2. The van der Waals surface area contributed by atoms with Gasteiger partial charge in [0.05, 0.1) is 19.8 Å². The second-order valence-corrected chi connectivity index (χ2v) is 4.82. The molecule has 0 amide bonds. The highest BCUT2D eigenvalue weighted by atomic mass is 16.6. The fourth-order valence-electron chi connectivity index (χ4n) is 2.35. The van der Waals surface area contributed by atoms with Gasteiger partial charge in [0.15, 0.2) is 0 Å². The van der Waals surface area contributed by atoms with E-state index in [0.29, 0.717) is 0 Å². The number of aliphatic hydroxyl groups is 6. The van der Waals surface area contributed by atoms with Crippen molar-refractivity contribution in [1.82, 2.24) is 0 Å². The van der Waals surface area contributed by atoms with Crippen LogP contribution >= 0.6 is 0 Å². The monoisotopic (exact) mass is 266 g/mol. The van der Waals surface area contributed by atoms with Gasteiger partial charge in [-0.25, -0.2) is 0 Å². The molecule has 106 valence electrons. The normalized spacial score (nSPS) is 54.3. The zero-order valence-electron chi connectivity index (χ0n) is 9.59. The van der Waals surface area contributed by atoms with Gasteiger partial charge in [0.2, 0.25) is 0 Å². The summed E-state index contributed by atoms with van der Waals surface area (Å²) in [5.41, 5.74) is -2.04. The number of rotatable bonds is 1. The molecule has 0 radical (unpaired) electrons. The second-order valence-electron chi connectivity index (χ2n) is 4.82. The molecule has 0 saturated carbocycles. The minimum atomic E-state index is -2.04. The van der Waals surface area contributed by atoms with E-state index in [-0.39, 0.29) is 19.8 Å². The van der Waals surface area contributed by atoms with Crippen LogP contribution in [0, 0.1) is 0 Å². The average Bonchev–Trinajstić information content (AvgIpc) is 2.33. The quantitative estimate of drug-likeness (QED) is 0.282. The lowest BCUT2D eigenvalue weighted by Crippen LogP contribution is -2.70. The Labute approximate surface area is 103 Å². The van der Waals surface area contributed by atoms with Crippen LogP contribution in [0.15, 0.2) is 0 Å². The van der Waals surface area contributed by atoms with Crippen molar-refractivity contribution in [3.63, 3.8) is 0 Å². The highest BCUT2D eigenvalue weighted by Crippen LogP contribution is 2.31. The predicted octanol–water partition coefficient (Wildman–Crippen LogP) is -4.05. The van der Waals surface area contributed by atoms with Gasteiger partial charge in [-0.3, -0.25) is 0 Å². The predicted molar refractivity (Wildman–Crippen MR) is 55.5 cm³/mol. The lowest BCUT2D eigenvalue weighted by Gasteiger charge is -2.48. The van der Waals surface area contributed by atoms with Crippen LogP contribution in [0.25, 0.3) is 0 Å². The molecule has 0 unspecified atom stereocenters. The third-order valence-corrected chi connectivity index (χ3v) is 3.49. The van der Waals surface area contributed by atoms with Crippen LogP contribution in [0.4, 0.5) is 0 Å². The third kappa shape index (κ3) is 2.15. The minimum absolute atomic E-state index is 0.141. The van der Waals surface area contributed by atoms with E-state index in [1.807, 2.05) is 0 Å². The van der Waals surface area contributed by atoms with Crippen LogP contribution in [0.2, 0.25) is 0 Å². The molecule has 2 rings (SSSR count). The van der Waals surface area contributed by atoms with Gasteiger partial charge in [0, 0.05) is 0 Å². The molecular weight excluding hydrogens is 248 g/mol. The summed E-state index contributed by atoms with van der Waals surface area (Å²) in [7, 11) is 0. The Balaban J connectivity index is 2.18. The molecule has 2 saturated heterocycles. The SMILES string of the molecule is O[C@@H]1[C@@H](O)[C@H]([C@@]2(O)COC[C@@H](O)[C@H]2O)OC[C@H]1O. The lowest BCUT2D eigenvalue weighted by atomic mass is 9.80. The fraction of sp³-hybridized carbons (Fsp3) is 1.00. The van der Waals surface area contributed by atoms with E-state index in [4.69, 9.17) is 9.47 Å². The van der Waals surface area contributed by atoms with Crippen molar-refractivity contribution in [2.75, 3.05) is 19.8 Å². The minimum Gasteiger partial charge on any atom is -0.388 e. The van der Waals surface area contributed by atoms with Crippen molar-refractivity contribution < 1.29 is 40.1 Å². The van der Waals surface area contributed by atoms with Crippen molar-refractivity contribution in [3.8, 4) is 0 Å². The summed E-state index contributed by atoms with van der Waals surface area (Å²) in [5.74, 6) is 0. The number of aliphatic hydroxyl groups excluding tert-OH is 5. The molecule has 8 nitrogen and oxygen atoms in total.